The summed E-state index contributed by atoms with van der Waals surface area (Å²) in [6.45, 7) is 1.66. The Labute approximate surface area is 99.6 Å². The van der Waals surface area contributed by atoms with Gasteiger partial charge in [-0.15, -0.1) is 0 Å². The molecule has 0 aromatic carbocycles. The molecule has 92 valence electrons. The highest BCUT2D eigenvalue weighted by molar-refractivity contribution is 5.94. The van der Waals surface area contributed by atoms with Crippen LogP contribution < -0.4 is 16.4 Å². The highest BCUT2D eigenvalue weighted by atomic mass is 16.2. The molecule has 1 rings (SSSR count). The summed E-state index contributed by atoms with van der Waals surface area (Å²) in [5, 5.41) is 5.09. The van der Waals surface area contributed by atoms with Crippen molar-refractivity contribution < 1.29 is 9.59 Å². The molecule has 0 radical (unpaired) electrons. The highest BCUT2D eigenvalue weighted by Crippen LogP contribution is 2.01. The number of carbonyl (C=O) groups is 2. The number of aromatic nitrogens is 1. The zero-order valence-electron chi connectivity index (χ0n) is 9.64. The molecule has 0 bridgehead atoms. The van der Waals surface area contributed by atoms with Gasteiger partial charge in [-0.25, -0.2) is 0 Å². The van der Waals surface area contributed by atoms with Crippen LogP contribution >= 0.6 is 0 Å². The molecule has 0 spiro atoms. The maximum absolute atomic E-state index is 11.4. The maximum Gasteiger partial charge on any atom is 0.243 e. The number of hydrogen-bond donors (Lipinski definition) is 3. The molecule has 0 aliphatic heterocycles. The molecular formula is C11H16N4O2. The zero-order valence-corrected chi connectivity index (χ0v) is 9.64. The summed E-state index contributed by atoms with van der Waals surface area (Å²) < 4.78 is 0. The van der Waals surface area contributed by atoms with Gasteiger partial charge in [0.2, 0.25) is 11.8 Å². The lowest BCUT2D eigenvalue weighted by Gasteiger charge is -2.07. The van der Waals surface area contributed by atoms with Crippen molar-refractivity contribution in [2.75, 3.05) is 11.9 Å². The van der Waals surface area contributed by atoms with Crippen LogP contribution in [0.5, 0.6) is 0 Å². The first-order chi connectivity index (χ1) is 8.08. The van der Waals surface area contributed by atoms with E-state index < -0.39 is 0 Å². The number of amides is 2. The number of nitrogens with one attached hydrogen (secondary N) is 2. The minimum Gasteiger partial charge on any atom is -0.347 e. The molecule has 4 N–H and O–H groups in total. The molecule has 0 aliphatic carbocycles. The molecule has 0 saturated carbocycles. The van der Waals surface area contributed by atoms with Gasteiger partial charge in [0.15, 0.2) is 0 Å². The topological polar surface area (TPSA) is 97.1 Å². The fourth-order valence-electron chi connectivity index (χ4n) is 1.19. The molecule has 0 aliphatic rings. The SMILES string of the molecule is CC(N)CC(=O)NCC(=O)Nc1cccnc1. The predicted octanol–water partition coefficient (Wildman–Crippen LogP) is -0.126. The van der Waals surface area contributed by atoms with Gasteiger partial charge in [0.05, 0.1) is 18.4 Å². The number of nitrogens with zero attached hydrogens (tertiary/aromatic N) is 1. The minimum absolute atomic E-state index is 0.0690. The summed E-state index contributed by atoms with van der Waals surface area (Å²) >= 11 is 0. The summed E-state index contributed by atoms with van der Waals surface area (Å²) in [7, 11) is 0. The largest absolute Gasteiger partial charge is 0.347 e. The van der Waals surface area contributed by atoms with Gasteiger partial charge in [0, 0.05) is 18.7 Å². The van der Waals surface area contributed by atoms with Gasteiger partial charge in [0.25, 0.3) is 0 Å². The van der Waals surface area contributed by atoms with Crippen LogP contribution in [-0.2, 0) is 9.59 Å². The van der Waals surface area contributed by atoms with E-state index in [0.29, 0.717) is 5.69 Å². The predicted molar refractivity (Wildman–Crippen MR) is 64.1 cm³/mol. The third-order valence-electron chi connectivity index (χ3n) is 1.90. The van der Waals surface area contributed by atoms with Gasteiger partial charge < -0.3 is 16.4 Å². The van der Waals surface area contributed by atoms with E-state index in [1.165, 1.54) is 6.20 Å². The fourth-order valence-corrected chi connectivity index (χ4v) is 1.19. The number of hydrogen-bond acceptors (Lipinski definition) is 4. The Hall–Kier alpha value is -1.95. The number of rotatable bonds is 5. The number of carbonyl (C=O) groups excluding carboxylic acids is 2. The molecule has 6 heteroatoms. The van der Waals surface area contributed by atoms with Crippen molar-refractivity contribution in [3.63, 3.8) is 0 Å². The number of pyridine rings is 1. The van der Waals surface area contributed by atoms with Crippen molar-refractivity contribution in [2.45, 2.75) is 19.4 Å². The molecule has 1 aromatic rings. The lowest BCUT2D eigenvalue weighted by Crippen LogP contribution is -2.35. The molecule has 6 nitrogen and oxygen atoms in total. The normalized spacial score (nSPS) is 11.6. The fraction of sp³-hybridized carbons (Fsp3) is 0.364. The average Bonchev–Trinajstić information content (AvgIpc) is 2.27. The van der Waals surface area contributed by atoms with Crippen molar-refractivity contribution in [3.8, 4) is 0 Å². The molecule has 1 atom stereocenters. The number of anilines is 1. The summed E-state index contributed by atoms with van der Waals surface area (Å²) in [6.07, 6.45) is 3.35. The minimum atomic E-state index is -0.295. The van der Waals surface area contributed by atoms with Crippen molar-refractivity contribution in [1.82, 2.24) is 10.3 Å². The number of nitrogens with two attached hydrogens (primary N) is 1. The van der Waals surface area contributed by atoms with E-state index in [0.717, 1.165) is 0 Å². The Balaban J connectivity index is 2.29. The van der Waals surface area contributed by atoms with Crippen LogP contribution in [0.25, 0.3) is 0 Å². The lowest BCUT2D eigenvalue weighted by molar-refractivity contribution is -0.124. The first-order valence-corrected chi connectivity index (χ1v) is 5.30. The average molecular weight is 236 g/mol. The summed E-state index contributed by atoms with van der Waals surface area (Å²) in [6, 6.07) is 3.22. The molecule has 0 fully saturated rings. The van der Waals surface area contributed by atoms with Crippen LogP contribution in [0.4, 0.5) is 5.69 Å². The first-order valence-electron chi connectivity index (χ1n) is 5.30. The Bertz CT molecular complexity index is 378. The monoisotopic (exact) mass is 236 g/mol. The molecule has 1 aromatic heterocycles. The van der Waals surface area contributed by atoms with E-state index in [-0.39, 0.29) is 30.8 Å². The second-order valence-electron chi connectivity index (χ2n) is 3.75. The van der Waals surface area contributed by atoms with E-state index in [4.69, 9.17) is 5.73 Å². The van der Waals surface area contributed by atoms with Gasteiger partial charge in [-0.1, -0.05) is 0 Å². The van der Waals surface area contributed by atoms with Crippen molar-refractivity contribution in [2.24, 2.45) is 5.73 Å². The third-order valence-corrected chi connectivity index (χ3v) is 1.90. The Morgan fingerprint density at radius 3 is 2.82 bits per heavy atom. The molecule has 17 heavy (non-hydrogen) atoms. The lowest BCUT2D eigenvalue weighted by atomic mass is 10.2. The van der Waals surface area contributed by atoms with E-state index >= 15 is 0 Å². The van der Waals surface area contributed by atoms with Crippen LogP contribution in [0.3, 0.4) is 0 Å². The van der Waals surface area contributed by atoms with Gasteiger partial charge in [-0.2, -0.15) is 0 Å². The second-order valence-corrected chi connectivity index (χ2v) is 3.75. The summed E-state index contributed by atoms with van der Waals surface area (Å²) in [5.41, 5.74) is 6.05. The van der Waals surface area contributed by atoms with Crippen molar-refractivity contribution in [3.05, 3.63) is 24.5 Å². The van der Waals surface area contributed by atoms with Crippen molar-refractivity contribution in [1.29, 1.82) is 0 Å². The van der Waals surface area contributed by atoms with Crippen LogP contribution in [0.2, 0.25) is 0 Å². The van der Waals surface area contributed by atoms with Crippen molar-refractivity contribution >= 4 is 17.5 Å². The van der Waals surface area contributed by atoms with E-state index in [9.17, 15) is 9.59 Å². The molecule has 1 unspecified atom stereocenters. The second kappa shape index (κ2) is 6.59. The Morgan fingerprint density at radius 1 is 1.47 bits per heavy atom. The first kappa shape index (κ1) is 13.1. The third kappa shape index (κ3) is 5.62. The van der Waals surface area contributed by atoms with Gasteiger partial charge in [0.1, 0.15) is 0 Å². The van der Waals surface area contributed by atoms with E-state index in [1.54, 1.807) is 25.3 Å². The van der Waals surface area contributed by atoms with Gasteiger partial charge in [-0.05, 0) is 19.1 Å². The Kier molecular flexibility index (Phi) is 5.09. The van der Waals surface area contributed by atoms with Gasteiger partial charge >= 0.3 is 0 Å². The zero-order chi connectivity index (χ0) is 12.7. The van der Waals surface area contributed by atoms with Gasteiger partial charge in [-0.3, -0.25) is 14.6 Å². The van der Waals surface area contributed by atoms with E-state index in [1.807, 2.05) is 0 Å². The smallest absolute Gasteiger partial charge is 0.243 e. The quantitative estimate of drug-likeness (QED) is 0.663. The summed E-state index contributed by atoms with van der Waals surface area (Å²) in [5.74, 6) is -0.530. The van der Waals surface area contributed by atoms with Crippen LogP contribution in [0.15, 0.2) is 24.5 Å². The summed E-state index contributed by atoms with van der Waals surface area (Å²) in [4.78, 5) is 26.5. The molecule has 0 saturated heterocycles. The van der Waals surface area contributed by atoms with Crippen LogP contribution in [-0.4, -0.2) is 29.4 Å². The molecular weight excluding hydrogens is 220 g/mol. The molecule has 1 heterocycles. The Morgan fingerprint density at radius 2 is 2.24 bits per heavy atom. The highest BCUT2D eigenvalue weighted by Gasteiger charge is 2.07. The van der Waals surface area contributed by atoms with E-state index in [2.05, 4.69) is 15.6 Å². The maximum atomic E-state index is 11.4. The standard InChI is InChI=1S/C11H16N4O2/c1-8(12)5-10(16)14-7-11(17)15-9-3-2-4-13-6-9/h2-4,6,8H,5,7,12H2,1H3,(H,14,16)(H,15,17). The van der Waals surface area contributed by atoms with Crippen LogP contribution in [0.1, 0.15) is 13.3 Å². The van der Waals surface area contributed by atoms with Crippen LogP contribution in [0, 0.1) is 0 Å². The molecule has 2 amide bonds.